The average molecular weight is 488 g/mol. The van der Waals surface area contributed by atoms with E-state index in [9.17, 15) is 4.79 Å². The maximum Gasteiger partial charge on any atom is 0.248 e. The molecule has 188 valence electrons. The number of hydrogen-bond donors (Lipinski definition) is 2. The Hall–Kier alpha value is -3.49. The van der Waals surface area contributed by atoms with Crippen LogP contribution < -0.4 is 15.4 Å². The zero-order valence-electron chi connectivity index (χ0n) is 20.7. The van der Waals surface area contributed by atoms with Crippen molar-refractivity contribution in [1.29, 1.82) is 0 Å². The van der Waals surface area contributed by atoms with E-state index in [1.165, 1.54) is 12.8 Å². The Morgan fingerprint density at radius 3 is 2.78 bits per heavy atom. The second-order valence-corrected chi connectivity index (χ2v) is 9.42. The predicted molar refractivity (Wildman–Crippen MR) is 141 cm³/mol. The molecule has 8 heteroatoms. The normalized spacial score (nSPS) is 17.2. The van der Waals surface area contributed by atoms with E-state index < -0.39 is 0 Å². The number of hydrogen-bond acceptors (Lipinski definition) is 7. The topological polar surface area (TPSA) is 88.6 Å². The first-order chi connectivity index (χ1) is 17.7. The lowest BCUT2D eigenvalue weighted by atomic mass is 10.1. The molecule has 1 atom stereocenters. The van der Waals surface area contributed by atoms with Gasteiger partial charge < -0.3 is 20.1 Å². The number of amides is 1. The van der Waals surface area contributed by atoms with Gasteiger partial charge in [-0.25, -0.2) is 9.97 Å². The van der Waals surface area contributed by atoms with E-state index in [4.69, 9.17) is 9.47 Å². The van der Waals surface area contributed by atoms with E-state index in [0.717, 1.165) is 49.3 Å². The summed E-state index contributed by atoms with van der Waals surface area (Å²) in [6.07, 6.45) is 7.41. The van der Waals surface area contributed by atoms with Crippen LogP contribution in [0.3, 0.4) is 0 Å². The minimum atomic E-state index is -0.192. The molecule has 2 fully saturated rings. The summed E-state index contributed by atoms with van der Waals surface area (Å²) < 4.78 is 11.5. The van der Waals surface area contributed by atoms with Gasteiger partial charge in [-0.2, -0.15) is 0 Å². The minimum absolute atomic E-state index is 0.0521. The van der Waals surface area contributed by atoms with Gasteiger partial charge in [0.05, 0.1) is 31.0 Å². The molecule has 0 bridgehead atoms. The summed E-state index contributed by atoms with van der Waals surface area (Å²) in [7, 11) is 0. The molecule has 1 aliphatic carbocycles. The molecule has 2 N–H and O–H groups in total. The Kier molecular flexibility index (Phi) is 7.73. The highest BCUT2D eigenvalue weighted by Gasteiger charge is 2.23. The molecule has 1 saturated heterocycles. The molecule has 36 heavy (non-hydrogen) atoms. The number of ether oxygens (including phenoxy) is 2. The number of benzene rings is 2. The van der Waals surface area contributed by atoms with Crippen LogP contribution in [-0.4, -0.2) is 60.2 Å². The molecule has 1 aromatic heterocycles. The molecule has 2 aromatic carbocycles. The highest BCUT2D eigenvalue weighted by Crippen LogP contribution is 2.36. The summed E-state index contributed by atoms with van der Waals surface area (Å²) >= 11 is 0. The first-order valence-electron chi connectivity index (χ1n) is 12.7. The molecule has 3 aromatic rings. The van der Waals surface area contributed by atoms with Crippen molar-refractivity contribution in [1.82, 2.24) is 14.9 Å². The van der Waals surface area contributed by atoms with Gasteiger partial charge in [0.1, 0.15) is 17.9 Å². The Balaban J connectivity index is 1.36. The summed E-state index contributed by atoms with van der Waals surface area (Å²) in [6, 6.07) is 14.1. The average Bonchev–Trinajstić information content (AvgIpc) is 3.73. The van der Waals surface area contributed by atoms with E-state index >= 15 is 0 Å². The lowest BCUT2D eigenvalue weighted by Crippen LogP contribution is -2.36. The molecule has 1 saturated carbocycles. The Morgan fingerprint density at radius 2 is 2.00 bits per heavy atom. The van der Waals surface area contributed by atoms with Gasteiger partial charge in [-0.3, -0.25) is 9.69 Å². The quantitative estimate of drug-likeness (QED) is 0.409. The number of carbonyl (C=O) groups is 1. The maximum absolute atomic E-state index is 12.8. The van der Waals surface area contributed by atoms with Gasteiger partial charge in [-0.05, 0) is 37.3 Å². The van der Waals surface area contributed by atoms with Crippen LogP contribution in [-0.2, 0) is 9.53 Å². The fourth-order valence-corrected chi connectivity index (χ4v) is 4.21. The van der Waals surface area contributed by atoms with E-state index in [-0.39, 0.29) is 11.9 Å². The molecule has 0 spiro atoms. The van der Waals surface area contributed by atoms with E-state index in [2.05, 4.69) is 44.6 Å². The molecule has 8 nitrogen and oxygen atoms in total. The molecule has 5 rings (SSSR count). The Bertz CT molecular complexity index is 1210. The Morgan fingerprint density at radius 1 is 1.19 bits per heavy atom. The van der Waals surface area contributed by atoms with Crippen molar-refractivity contribution in [2.75, 3.05) is 50.1 Å². The number of morpholine rings is 1. The molecule has 1 aliphatic heterocycles. The number of fused-ring (bicyclic) bond motifs is 1. The smallest absolute Gasteiger partial charge is 0.248 e. The Labute approximate surface area is 211 Å². The third-order valence-corrected chi connectivity index (χ3v) is 6.56. The fraction of sp³-hybridized carbons (Fsp3) is 0.393. The van der Waals surface area contributed by atoms with Crippen molar-refractivity contribution in [2.24, 2.45) is 5.92 Å². The summed E-state index contributed by atoms with van der Waals surface area (Å²) in [5, 5.41) is 7.34. The van der Waals surface area contributed by atoms with Crippen LogP contribution in [0.15, 0.2) is 60.9 Å². The standard InChI is InChI=1S/C28H33N5O3/c1-20(22-6-3-2-4-7-22)31-28-23-16-25(32-27(34)8-5-11-33-12-14-35-15-13-33)26(36-18-21-9-10-21)17-24(23)29-19-30-28/h2-8,16-17,19-21H,9-15,18H2,1H3,(H,32,34)(H,29,30,31)/b8-5+/t20-/m1/s1. The SMILES string of the molecule is C[C@@H](Nc1ncnc2cc(OCC3CC3)c(NC(=O)/C=C/CN3CCOCC3)cc12)c1ccccc1. The lowest BCUT2D eigenvalue weighted by molar-refractivity contribution is -0.111. The molecular weight excluding hydrogens is 454 g/mol. The van der Waals surface area contributed by atoms with Crippen molar-refractivity contribution in [2.45, 2.75) is 25.8 Å². The third-order valence-electron chi connectivity index (χ3n) is 6.56. The number of aromatic nitrogens is 2. The van der Waals surface area contributed by atoms with Crippen molar-refractivity contribution in [3.8, 4) is 5.75 Å². The van der Waals surface area contributed by atoms with Crippen LogP contribution in [0, 0.1) is 5.92 Å². The summed E-state index contributed by atoms with van der Waals surface area (Å²) in [6.45, 7) is 6.69. The molecule has 1 amide bonds. The van der Waals surface area contributed by atoms with Crippen LogP contribution in [0.5, 0.6) is 5.75 Å². The third kappa shape index (κ3) is 6.38. The zero-order chi connectivity index (χ0) is 24.7. The van der Waals surface area contributed by atoms with Crippen LogP contribution in [0.4, 0.5) is 11.5 Å². The van der Waals surface area contributed by atoms with Crippen molar-refractivity contribution < 1.29 is 14.3 Å². The van der Waals surface area contributed by atoms with E-state index in [0.29, 0.717) is 29.8 Å². The summed E-state index contributed by atoms with van der Waals surface area (Å²) in [5.41, 5.74) is 2.54. The van der Waals surface area contributed by atoms with Crippen LogP contribution >= 0.6 is 0 Å². The van der Waals surface area contributed by atoms with Gasteiger partial charge in [0.15, 0.2) is 0 Å². The summed E-state index contributed by atoms with van der Waals surface area (Å²) in [4.78, 5) is 24.0. The van der Waals surface area contributed by atoms with Crippen molar-refractivity contribution in [3.63, 3.8) is 0 Å². The van der Waals surface area contributed by atoms with Crippen molar-refractivity contribution in [3.05, 3.63) is 66.5 Å². The van der Waals surface area contributed by atoms with Gasteiger partial charge in [0.2, 0.25) is 5.91 Å². The first-order valence-corrected chi connectivity index (χ1v) is 12.7. The highest BCUT2D eigenvalue weighted by molar-refractivity contribution is 6.03. The predicted octanol–water partition coefficient (Wildman–Crippen LogP) is 4.42. The summed E-state index contributed by atoms with van der Waals surface area (Å²) in [5.74, 6) is 1.74. The number of rotatable bonds is 10. The monoisotopic (exact) mass is 487 g/mol. The van der Waals surface area contributed by atoms with E-state index in [1.807, 2.05) is 36.4 Å². The first kappa shape index (κ1) is 24.2. The van der Waals surface area contributed by atoms with Crippen LogP contribution in [0.2, 0.25) is 0 Å². The van der Waals surface area contributed by atoms with Gasteiger partial charge >= 0.3 is 0 Å². The van der Waals surface area contributed by atoms with Gasteiger partial charge in [-0.1, -0.05) is 36.4 Å². The molecule has 2 heterocycles. The number of nitrogens with one attached hydrogen (secondary N) is 2. The largest absolute Gasteiger partial charge is 0.491 e. The number of anilines is 2. The van der Waals surface area contributed by atoms with Gasteiger partial charge in [0, 0.05) is 43.2 Å². The maximum atomic E-state index is 12.8. The highest BCUT2D eigenvalue weighted by atomic mass is 16.5. The lowest BCUT2D eigenvalue weighted by Gasteiger charge is -2.25. The zero-order valence-corrected chi connectivity index (χ0v) is 20.7. The van der Waals surface area contributed by atoms with Crippen LogP contribution in [0.25, 0.3) is 10.9 Å². The van der Waals surface area contributed by atoms with Crippen LogP contribution in [0.1, 0.15) is 31.4 Å². The van der Waals surface area contributed by atoms with E-state index in [1.54, 1.807) is 12.4 Å². The second-order valence-electron chi connectivity index (χ2n) is 9.42. The molecular formula is C28H33N5O3. The van der Waals surface area contributed by atoms with Gasteiger partial charge in [-0.15, -0.1) is 0 Å². The molecule has 2 aliphatic rings. The van der Waals surface area contributed by atoms with Crippen molar-refractivity contribution >= 4 is 28.3 Å². The number of carbonyl (C=O) groups excluding carboxylic acids is 1. The minimum Gasteiger partial charge on any atom is -0.491 e. The second kappa shape index (κ2) is 11.5. The molecule has 0 unspecified atom stereocenters. The fourth-order valence-electron chi connectivity index (χ4n) is 4.21. The van der Waals surface area contributed by atoms with Gasteiger partial charge in [0.25, 0.3) is 0 Å². The number of nitrogens with zero attached hydrogens (tertiary/aromatic N) is 3. The molecule has 0 radical (unpaired) electrons.